The molecule has 0 amide bonds. The maximum absolute atomic E-state index is 12.2. The number of aryl methyl sites for hydroxylation is 1. The average Bonchev–Trinajstić information content (AvgIpc) is 2.99. The van der Waals surface area contributed by atoms with Crippen molar-refractivity contribution in [3.8, 4) is 5.75 Å². The van der Waals surface area contributed by atoms with Crippen molar-refractivity contribution in [2.75, 3.05) is 79.3 Å². The van der Waals surface area contributed by atoms with E-state index in [-0.39, 0.29) is 31.4 Å². The summed E-state index contributed by atoms with van der Waals surface area (Å²) in [5, 5.41) is 10.2. The van der Waals surface area contributed by atoms with Crippen LogP contribution in [0.1, 0.15) is 63.0 Å². The minimum absolute atomic E-state index is 0.168. The lowest BCUT2D eigenvalue weighted by Gasteiger charge is -2.09. The van der Waals surface area contributed by atoms with E-state index in [1.165, 1.54) is 32.1 Å². The molecule has 0 fully saturated rings. The molecular weight excluding hydrogens is 544 g/mol. The quantitative estimate of drug-likeness (QED) is 0.0799. The number of phenolic OH excluding ortho intramolecular Hbond substituents is 1. The maximum atomic E-state index is 12.2. The lowest BCUT2D eigenvalue weighted by molar-refractivity contribution is -0.144. The third-order valence-electron chi connectivity index (χ3n) is 6.16. The largest absolute Gasteiger partial charge is 0.508 e. The van der Waals surface area contributed by atoms with Crippen molar-refractivity contribution in [2.24, 2.45) is 0 Å². The van der Waals surface area contributed by atoms with Gasteiger partial charge in [0.2, 0.25) is 0 Å². The SMILES string of the molecule is C=CC(=O)OCCOCCOCCOCCOCCOCCOC(=O)Cc1ccc(O)c(CCCCCCCCC)c1. The third-order valence-corrected chi connectivity index (χ3v) is 6.16. The number of carbonyl (C=O) groups excluding carboxylic acids is 2. The second-order valence-corrected chi connectivity index (χ2v) is 9.67. The Morgan fingerprint density at radius 3 is 1.69 bits per heavy atom. The molecule has 10 heteroatoms. The first-order chi connectivity index (χ1) is 20.6. The zero-order valence-corrected chi connectivity index (χ0v) is 25.5. The molecule has 0 heterocycles. The number of hydrogen-bond donors (Lipinski definition) is 1. The van der Waals surface area contributed by atoms with E-state index in [1.807, 2.05) is 6.07 Å². The lowest BCUT2D eigenvalue weighted by atomic mass is 10.0. The van der Waals surface area contributed by atoms with E-state index < -0.39 is 5.97 Å². The summed E-state index contributed by atoms with van der Waals surface area (Å²) in [6, 6.07) is 5.33. The molecule has 0 unspecified atom stereocenters. The van der Waals surface area contributed by atoms with Gasteiger partial charge in [-0.15, -0.1) is 0 Å². The topological polar surface area (TPSA) is 119 Å². The fourth-order valence-electron chi connectivity index (χ4n) is 3.90. The van der Waals surface area contributed by atoms with Crippen LogP contribution in [-0.2, 0) is 55.6 Å². The van der Waals surface area contributed by atoms with Crippen LogP contribution in [0.3, 0.4) is 0 Å². The molecular formula is C32H52O10. The monoisotopic (exact) mass is 596 g/mol. The van der Waals surface area contributed by atoms with Crippen LogP contribution < -0.4 is 0 Å². The first-order valence-corrected chi connectivity index (χ1v) is 15.2. The molecule has 0 aliphatic heterocycles. The van der Waals surface area contributed by atoms with E-state index in [9.17, 15) is 14.7 Å². The fraction of sp³-hybridized carbons (Fsp3) is 0.688. The van der Waals surface area contributed by atoms with Gasteiger partial charge in [-0.1, -0.05) is 64.2 Å². The third kappa shape index (κ3) is 22.1. The predicted octanol–water partition coefficient (Wildman–Crippen LogP) is 4.58. The Balaban J connectivity index is 1.92. The zero-order valence-electron chi connectivity index (χ0n) is 25.5. The Bertz CT molecular complexity index is 830. The molecule has 0 aliphatic carbocycles. The highest BCUT2D eigenvalue weighted by Crippen LogP contribution is 2.22. The highest BCUT2D eigenvalue weighted by atomic mass is 16.6. The maximum Gasteiger partial charge on any atom is 0.330 e. The van der Waals surface area contributed by atoms with Crippen LogP contribution in [0.2, 0.25) is 0 Å². The Morgan fingerprint density at radius 2 is 1.17 bits per heavy atom. The van der Waals surface area contributed by atoms with Crippen LogP contribution >= 0.6 is 0 Å². The smallest absolute Gasteiger partial charge is 0.330 e. The number of carbonyl (C=O) groups is 2. The first-order valence-electron chi connectivity index (χ1n) is 15.2. The van der Waals surface area contributed by atoms with Crippen molar-refractivity contribution in [1.82, 2.24) is 0 Å². The number of hydrogen-bond acceptors (Lipinski definition) is 10. The van der Waals surface area contributed by atoms with Crippen molar-refractivity contribution in [3.63, 3.8) is 0 Å². The summed E-state index contributed by atoms with van der Waals surface area (Å²) in [5.41, 5.74) is 1.73. The van der Waals surface area contributed by atoms with Gasteiger partial charge in [-0.3, -0.25) is 4.79 Å². The van der Waals surface area contributed by atoms with Crippen LogP contribution in [0.4, 0.5) is 0 Å². The Labute approximate surface area is 251 Å². The number of esters is 2. The van der Waals surface area contributed by atoms with Gasteiger partial charge in [0.15, 0.2) is 0 Å². The Kier molecular flexibility index (Phi) is 24.4. The summed E-state index contributed by atoms with van der Waals surface area (Å²) in [6.45, 7) is 9.95. The predicted molar refractivity (Wildman–Crippen MR) is 160 cm³/mol. The molecule has 240 valence electrons. The number of aromatic hydroxyl groups is 1. The van der Waals surface area contributed by atoms with Gasteiger partial charge >= 0.3 is 11.9 Å². The van der Waals surface area contributed by atoms with Crippen molar-refractivity contribution in [1.29, 1.82) is 0 Å². The lowest BCUT2D eigenvalue weighted by Crippen LogP contribution is -2.16. The van der Waals surface area contributed by atoms with Gasteiger partial charge in [-0.25, -0.2) is 4.79 Å². The van der Waals surface area contributed by atoms with Gasteiger partial charge in [0.25, 0.3) is 0 Å². The van der Waals surface area contributed by atoms with Gasteiger partial charge in [-0.05, 0) is 30.0 Å². The van der Waals surface area contributed by atoms with Gasteiger partial charge < -0.3 is 38.3 Å². The van der Waals surface area contributed by atoms with Crippen LogP contribution in [-0.4, -0.2) is 96.3 Å². The molecule has 0 saturated carbocycles. The molecule has 1 aromatic rings. The van der Waals surface area contributed by atoms with Crippen LogP contribution in [0.15, 0.2) is 30.9 Å². The highest BCUT2D eigenvalue weighted by Gasteiger charge is 2.09. The molecule has 1 aromatic carbocycles. The summed E-state index contributed by atoms with van der Waals surface area (Å²) >= 11 is 0. The van der Waals surface area contributed by atoms with Gasteiger partial charge in [0, 0.05) is 6.08 Å². The number of phenols is 1. The summed E-state index contributed by atoms with van der Waals surface area (Å²) in [7, 11) is 0. The number of ether oxygens (including phenoxy) is 7. The molecule has 10 nitrogen and oxygen atoms in total. The molecule has 0 spiro atoms. The molecule has 0 aliphatic rings. The van der Waals surface area contributed by atoms with E-state index in [0.717, 1.165) is 36.5 Å². The molecule has 0 saturated heterocycles. The molecule has 0 atom stereocenters. The van der Waals surface area contributed by atoms with Gasteiger partial charge in [-0.2, -0.15) is 0 Å². The fourth-order valence-corrected chi connectivity index (χ4v) is 3.90. The summed E-state index contributed by atoms with van der Waals surface area (Å²) in [5.74, 6) is -0.496. The minimum atomic E-state index is -0.466. The Hall–Kier alpha value is -2.50. The van der Waals surface area contributed by atoms with E-state index in [1.54, 1.807) is 12.1 Å². The average molecular weight is 597 g/mol. The van der Waals surface area contributed by atoms with E-state index in [4.69, 9.17) is 33.2 Å². The van der Waals surface area contributed by atoms with Gasteiger partial charge in [0.1, 0.15) is 19.0 Å². The summed E-state index contributed by atoms with van der Waals surface area (Å²) in [6.07, 6.45) is 10.6. The Morgan fingerprint density at radius 1 is 0.690 bits per heavy atom. The van der Waals surface area contributed by atoms with Crippen molar-refractivity contribution < 1.29 is 47.9 Å². The first kappa shape index (κ1) is 37.5. The number of unbranched alkanes of at least 4 members (excludes halogenated alkanes) is 6. The van der Waals surface area contributed by atoms with Crippen molar-refractivity contribution in [3.05, 3.63) is 42.0 Å². The van der Waals surface area contributed by atoms with E-state index in [0.29, 0.717) is 66.1 Å². The summed E-state index contributed by atoms with van der Waals surface area (Å²) in [4.78, 5) is 23.0. The normalized spacial score (nSPS) is 11.0. The van der Waals surface area contributed by atoms with E-state index >= 15 is 0 Å². The molecule has 1 rings (SSSR count). The van der Waals surface area contributed by atoms with Gasteiger partial charge in [0.05, 0.1) is 72.5 Å². The zero-order chi connectivity index (χ0) is 30.5. The van der Waals surface area contributed by atoms with Crippen LogP contribution in [0.25, 0.3) is 0 Å². The molecule has 0 radical (unpaired) electrons. The van der Waals surface area contributed by atoms with E-state index in [2.05, 4.69) is 13.5 Å². The second-order valence-electron chi connectivity index (χ2n) is 9.67. The molecule has 1 N–H and O–H groups in total. The highest BCUT2D eigenvalue weighted by molar-refractivity contribution is 5.81. The minimum Gasteiger partial charge on any atom is -0.508 e. The molecule has 0 aromatic heterocycles. The summed E-state index contributed by atoms with van der Waals surface area (Å²) < 4.78 is 37.0. The molecule has 42 heavy (non-hydrogen) atoms. The number of rotatable bonds is 29. The standard InChI is InChI=1S/C32H52O10/c1-3-5-6-7-8-9-10-11-29-26-28(12-13-30(29)33)27-32(35)42-25-23-40-21-19-38-17-15-36-14-16-37-18-20-39-22-24-41-31(34)4-2/h4,12-13,26,33H,2-3,5-11,14-25,27H2,1H3. The second kappa shape index (κ2) is 27.3. The van der Waals surface area contributed by atoms with Crippen LogP contribution in [0.5, 0.6) is 5.75 Å². The number of benzene rings is 1. The van der Waals surface area contributed by atoms with Crippen LogP contribution in [0, 0.1) is 0 Å². The molecule has 0 bridgehead atoms. The van der Waals surface area contributed by atoms with Crippen molar-refractivity contribution >= 4 is 11.9 Å². The van der Waals surface area contributed by atoms with Crippen molar-refractivity contribution in [2.45, 2.75) is 64.7 Å².